The molecule has 9 nitrogen and oxygen atoms in total. The third kappa shape index (κ3) is 5.31. The predicted octanol–water partition coefficient (Wildman–Crippen LogP) is 6.57. The number of aromatic nitrogens is 7. The van der Waals surface area contributed by atoms with Crippen LogP contribution in [0.25, 0.3) is 56.5 Å². The van der Waals surface area contributed by atoms with Crippen LogP contribution >= 0.6 is 0 Å². The first-order valence-corrected chi connectivity index (χ1v) is 15.4. The second kappa shape index (κ2) is 12.2. The van der Waals surface area contributed by atoms with Crippen LogP contribution in [0.2, 0.25) is 0 Å². The van der Waals surface area contributed by atoms with Crippen LogP contribution in [0.15, 0.2) is 125 Å². The number of hydrogen-bond donors (Lipinski definition) is 0. The Morgan fingerprint density at radius 1 is 0.714 bits per heavy atom. The maximum atomic E-state index is 14.7. The Balaban J connectivity index is 0.00000420. The molecule has 0 saturated carbocycles. The zero-order valence-corrected chi connectivity index (χ0v) is 29.0. The molecular weight excluding hydrogens is 794 g/mol. The Hall–Kier alpha value is -5.53. The van der Waals surface area contributed by atoms with Gasteiger partial charge in [-0.15, -0.1) is 18.2 Å². The summed E-state index contributed by atoms with van der Waals surface area (Å²) in [5.74, 6) is -0.143. The zero-order valence-electron chi connectivity index (χ0n) is 29.7. The Bertz CT molecular complexity index is 2700. The van der Waals surface area contributed by atoms with Crippen molar-refractivity contribution in [2.75, 3.05) is 0 Å². The molecule has 0 saturated heterocycles. The van der Waals surface area contributed by atoms with Crippen LogP contribution in [-0.4, -0.2) is 32.8 Å². The molecule has 8 aromatic rings. The normalized spacial score (nSPS) is 12.8. The standard InChI is InChI=1S/C39H31N7O2.Pt/c1-39(2,3)26-20-21-40-30(22-26)31-25-42(4)36(41-31)46-35-24-33-32(23-34(35)45(38(46)48)29-18-12-7-13-19-29)43(27-14-8-5-9-15-27)37(47)44(33)28-16-10-6-11-17-28;/h5-16,18-23,25H,1-4H3;/q-2;+2/i4D3;. The van der Waals surface area contributed by atoms with Crippen molar-refractivity contribution in [3.8, 4) is 34.4 Å². The number of hydrogen-bond acceptors (Lipinski definition) is 4. The van der Waals surface area contributed by atoms with E-state index in [0.717, 1.165) is 10.1 Å². The van der Waals surface area contributed by atoms with Crippen LogP contribution in [0.1, 0.15) is 30.4 Å². The van der Waals surface area contributed by atoms with Gasteiger partial charge in [-0.2, -0.15) is 24.3 Å². The van der Waals surface area contributed by atoms with E-state index < -0.39 is 12.7 Å². The van der Waals surface area contributed by atoms with Gasteiger partial charge in [0.1, 0.15) is 5.69 Å². The molecule has 0 radical (unpaired) electrons. The van der Waals surface area contributed by atoms with Crippen molar-refractivity contribution in [1.29, 1.82) is 0 Å². The molecule has 4 aromatic heterocycles. The summed E-state index contributed by atoms with van der Waals surface area (Å²) in [5.41, 5.74) is 3.72. The van der Waals surface area contributed by atoms with E-state index in [1.807, 2.05) is 72.8 Å². The van der Waals surface area contributed by atoms with Crippen LogP contribution < -0.4 is 11.4 Å². The van der Waals surface area contributed by atoms with Crippen molar-refractivity contribution in [3.63, 3.8) is 0 Å². The minimum absolute atomic E-state index is 0. The number of nitrogens with zero attached hydrogens (tertiary/aromatic N) is 7. The van der Waals surface area contributed by atoms with E-state index in [4.69, 9.17) is 9.10 Å². The summed E-state index contributed by atoms with van der Waals surface area (Å²) >= 11 is 0. The SMILES string of the molecule is [2H]C([2H])([2H])n1cc(-c2cc(C(C)(C)C)ccn2)nc1-n1c(=O)n(-c2ccccc2)c2cc3c([c-]c21)n(-c1[c-]cccc1)c(=O)n3-c1ccccc1.[Pt+2]. The Kier molecular flexibility index (Phi) is 7.07. The summed E-state index contributed by atoms with van der Waals surface area (Å²) in [5, 5.41) is 0. The Labute approximate surface area is 300 Å². The molecule has 10 heteroatoms. The van der Waals surface area contributed by atoms with E-state index in [1.165, 1.54) is 19.9 Å². The quantitative estimate of drug-likeness (QED) is 0.184. The van der Waals surface area contributed by atoms with E-state index in [0.29, 0.717) is 39.3 Å². The molecule has 0 N–H and O–H groups in total. The van der Waals surface area contributed by atoms with Crippen LogP contribution in [0.3, 0.4) is 0 Å². The summed E-state index contributed by atoms with van der Waals surface area (Å²) in [6.45, 7) is 3.51. The average molecular weight is 828 g/mol. The fraction of sp³-hybridized carbons (Fsp3) is 0.128. The van der Waals surface area contributed by atoms with Gasteiger partial charge in [0.15, 0.2) is 0 Å². The maximum Gasteiger partial charge on any atom is 2.00 e. The van der Waals surface area contributed by atoms with Gasteiger partial charge in [-0.05, 0) is 69.4 Å². The molecule has 0 amide bonds. The summed E-state index contributed by atoms with van der Waals surface area (Å²) in [4.78, 5) is 38.4. The number of aryl methyl sites for hydroxylation is 1. The second-order valence-corrected chi connectivity index (χ2v) is 12.5. The van der Waals surface area contributed by atoms with Crippen LogP contribution in [0, 0.1) is 12.1 Å². The van der Waals surface area contributed by atoms with Crippen molar-refractivity contribution in [2.45, 2.75) is 26.2 Å². The first-order valence-electron chi connectivity index (χ1n) is 16.9. The fourth-order valence-corrected chi connectivity index (χ4v) is 6.06. The van der Waals surface area contributed by atoms with Gasteiger partial charge in [-0.1, -0.05) is 62.9 Å². The second-order valence-electron chi connectivity index (χ2n) is 12.5. The molecule has 0 fully saturated rings. The smallest absolute Gasteiger partial charge is 0.319 e. The molecule has 49 heavy (non-hydrogen) atoms. The largest absolute Gasteiger partial charge is 2.00 e. The molecule has 244 valence electrons. The molecule has 0 aliphatic heterocycles. The third-order valence-electron chi connectivity index (χ3n) is 8.43. The van der Waals surface area contributed by atoms with Crippen LogP contribution in [-0.2, 0) is 33.5 Å². The van der Waals surface area contributed by atoms with Gasteiger partial charge in [0.25, 0.3) is 0 Å². The maximum absolute atomic E-state index is 14.7. The van der Waals surface area contributed by atoms with Crippen molar-refractivity contribution in [1.82, 2.24) is 32.8 Å². The van der Waals surface area contributed by atoms with Gasteiger partial charge < -0.3 is 18.3 Å². The summed E-state index contributed by atoms with van der Waals surface area (Å²) in [6.07, 6.45) is 3.06. The summed E-state index contributed by atoms with van der Waals surface area (Å²) in [6, 6.07) is 37.4. The molecule has 0 spiro atoms. The number of rotatable bonds is 5. The molecule has 0 aliphatic rings. The molecular formula is C39H31N7O2Pt. The van der Waals surface area contributed by atoms with Crippen LogP contribution in [0.5, 0.6) is 0 Å². The number of fused-ring (bicyclic) bond motifs is 2. The molecule has 0 unspecified atom stereocenters. The van der Waals surface area contributed by atoms with Gasteiger partial charge in [-0.3, -0.25) is 9.55 Å². The molecule has 0 bridgehead atoms. The van der Waals surface area contributed by atoms with Crippen molar-refractivity contribution in [3.05, 3.63) is 154 Å². The monoisotopic (exact) mass is 827 g/mol. The summed E-state index contributed by atoms with van der Waals surface area (Å²) < 4.78 is 32.2. The van der Waals surface area contributed by atoms with Gasteiger partial charge in [0.2, 0.25) is 5.95 Å². The van der Waals surface area contributed by atoms with Gasteiger partial charge in [0, 0.05) is 34.9 Å². The number of pyridine rings is 1. The Morgan fingerprint density at radius 3 is 1.92 bits per heavy atom. The van der Waals surface area contributed by atoms with E-state index in [2.05, 4.69) is 37.9 Å². The summed E-state index contributed by atoms with van der Waals surface area (Å²) in [7, 11) is 0. The van der Waals surface area contributed by atoms with Crippen LogP contribution in [0.4, 0.5) is 0 Å². The van der Waals surface area contributed by atoms with Crippen molar-refractivity contribution >= 4 is 22.1 Å². The minimum Gasteiger partial charge on any atom is -0.319 e. The van der Waals surface area contributed by atoms with E-state index in [9.17, 15) is 9.59 Å². The zero-order chi connectivity index (χ0) is 35.7. The van der Waals surface area contributed by atoms with Crippen molar-refractivity contribution in [2.24, 2.45) is 6.98 Å². The molecule has 0 atom stereocenters. The predicted molar refractivity (Wildman–Crippen MR) is 188 cm³/mol. The number of benzene rings is 4. The fourth-order valence-electron chi connectivity index (χ4n) is 6.06. The minimum atomic E-state index is -2.72. The van der Waals surface area contributed by atoms with E-state index >= 15 is 0 Å². The number of imidazole rings is 3. The number of para-hydroxylation sites is 3. The van der Waals surface area contributed by atoms with Crippen molar-refractivity contribution < 1.29 is 25.2 Å². The van der Waals surface area contributed by atoms with Gasteiger partial charge >= 0.3 is 32.4 Å². The molecule has 0 aliphatic carbocycles. The molecule has 4 heterocycles. The van der Waals surface area contributed by atoms with Gasteiger partial charge in [-0.25, -0.2) is 14.6 Å². The van der Waals surface area contributed by atoms with E-state index in [-0.39, 0.29) is 49.3 Å². The topological polar surface area (TPSA) is 84.6 Å². The average Bonchev–Trinajstić information content (AvgIpc) is 3.77. The Morgan fingerprint density at radius 2 is 1.33 bits per heavy atom. The molecule has 8 rings (SSSR count). The first-order chi connectivity index (χ1) is 24.4. The van der Waals surface area contributed by atoms with E-state index in [1.54, 1.807) is 41.1 Å². The first kappa shape index (κ1) is 28.5. The van der Waals surface area contributed by atoms with Gasteiger partial charge in [0.05, 0.1) is 5.69 Å². The third-order valence-corrected chi connectivity index (χ3v) is 8.43. The molecule has 4 aromatic carbocycles.